The van der Waals surface area contributed by atoms with Gasteiger partial charge in [-0.05, 0) is 31.2 Å². The third kappa shape index (κ3) is 1.82. The average Bonchev–Trinajstić information content (AvgIpc) is 2.13. The molecule has 0 bridgehead atoms. The van der Waals surface area contributed by atoms with E-state index in [2.05, 4.69) is 17.0 Å². The summed E-state index contributed by atoms with van der Waals surface area (Å²) in [5.74, 6) is 0. The van der Waals surface area contributed by atoms with Crippen molar-refractivity contribution in [1.82, 2.24) is 0 Å². The number of nitrogens with zero attached hydrogens (tertiary/aromatic N) is 1. The quantitative estimate of drug-likeness (QED) is 0.737. The average molecular weight is 192 g/mol. The number of anilines is 2. The first-order valence-electron chi connectivity index (χ1n) is 5.01. The lowest BCUT2D eigenvalue weighted by Gasteiger charge is -2.40. The van der Waals surface area contributed by atoms with Crippen LogP contribution in [0, 0.1) is 0 Å². The van der Waals surface area contributed by atoms with Gasteiger partial charge in [0.05, 0.1) is 6.10 Å². The van der Waals surface area contributed by atoms with Crippen molar-refractivity contribution in [3.05, 3.63) is 24.3 Å². The maximum Gasteiger partial charge on any atom is 0.0924 e. The highest BCUT2D eigenvalue weighted by atomic mass is 16.5. The van der Waals surface area contributed by atoms with Gasteiger partial charge in [-0.1, -0.05) is 0 Å². The van der Waals surface area contributed by atoms with Crippen molar-refractivity contribution in [3.63, 3.8) is 0 Å². The standard InChI is InChI=1S/C11H16N2O/c1-2-14-11-7-13(8-11)10-5-3-9(12)4-6-10/h3-6,11H,2,7-8,12H2,1H3. The van der Waals surface area contributed by atoms with Gasteiger partial charge in [0.25, 0.3) is 0 Å². The molecular weight excluding hydrogens is 176 g/mol. The van der Waals surface area contributed by atoms with Crippen LogP contribution in [0.2, 0.25) is 0 Å². The summed E-state index contributed by atoms with van der Waals surface area (Å²) in [6.45, 7) is 4.83. The molecule has 0 atom stereocenters. The molecule has 1 heterocycles. The molecule has 2 rings (SSSR count). The molecule has 1 aromatic rings. The van der Waals surface area contributed by atoms with Crippen molar-refractivity contribution in [1.29, 1.82) is 0 Å². The number of rotatable bonds is 3. The molecule has 1 fully saturated rings. The Morgan fingerprint density at radius 2 is 2.00 bits per heavy atom. The summed E-state index contributed by atoms with van der Waals surface area (Å²) in [7, 11) is 0. The second-order valence-corrected chi connectivity index (χ2v) is 3.57. The molecule has 0 spiro atoms. The second-order valence-electron chi connectivity index (χ2n) is 3.57. The summed E-state index contributed by atoms with van der Waals surface area (Å²) in [5, 5.41) is 0. The molecule has 0 aromatic heterocycles. The molecule has 14 heavy (non-hydrogen) atoms. The fourth-order valence-electron chi connectivity index (χ4n) is 1.68. The number of nitrogens with two attached hydrogens (primary N) is 1. The lowest BCUT2D eigenvalue weighted by atomic mass is 10.1. The predicted molar refractivity (Wildman–Crippen MR) is 58.5 cm³/mol. The Bertz CT molecular complexity index is 291. The largest absolute Gasteiger partial charge is 0.399 e. The maximum absolute atomic E-state index is 5.62. The highest BCUT2D eigenvalue weighted by molar-refractivity contribution is 5.54. The minimum absolute atomic E-state index is 0.414. The van der Waals surface area contributed by atoms with E-state index in [0.29, 0.717) is 6.10 Å². The molecule has 0 saturated carbocycles. The summed E-state index contributed by atoms with van der Waals surface area (Å²) in [6, 6.07) is 7.97. The van der Waals surface area contributed by atoms with Crippen molar-refractivity contribution in [3.8, 4) is 0 Å². The Labute approximate surface area is 84.5 Å². The molecule has 1 aliphatic heterocycles. The molecule has 1 aliphatic rings. The fraction of sp³-hybridized carbons (Fsp3) is 0.455. The molecular formula is C11H16N2O. The smallest absolute Gasteiger partial charge is 0.0924 e. The Morgan fingerprint density at radius 1 is 1.36 bits per heavy atom. The molecule has 1 aromatic carbocycles. The van der Waals surface area contributed by atoms with Crippen LogP contribution in [0.5, 0.6) is 0 Å². The molecule has 3 nitrogen and oxygen atoms in total. The van der Waals surface area contributed by atoms with Gasteiger partial charge in [-0.15, -0.1) is 0 Å². The molecule has 0 unspecified atom stereocenters. The van der Waals surface area contributed by atoms with E-state index in [1.807, 2.05) is 19.1 Å². The summed E-state index contributed by atoms with van der Waals surface area (Å²) in [6.07, 6.45) is 0.414. The monoisotopic (exact) mass is 192 g/mol. The Balaban J connectivity index is 1.90. The van der Waals surface area contributed by atoms with Crippen molar-refractivity contribution < 1.29 is 4.74 Å². The van der Waals surface area contributed by atoms with E-state index < -0.39 is 0 Å². The molecule has 0 aliphatic carbocycles. The van der Waals surface area contributed by atoms with E-state index in [0.717, 1.165) is 25.4 Å². The zero-order chi connectivity index (χ0) is 9.97. The summed E-state index contributed by atoms with van der Waals surface area (Å²) in [5.41, 5.74) is 7.67. The van der Waals surface area contributed by atoms with Crippen LogP contribution in [0.15, 0.2) is 24.3 Å². The van der Waals surface area contributed by atoms with Gasteiger partial charge in [0.15, 0.2) is 0 Å². The van der Waals surface area contributed by atoms with Gasteiger partial charge in [0.2, 0.25) is 0 Å². The molecule has 3 heteroatoms. The van der Waals surface area contributed by atoms with E-state index in [-0.39, 0.29) is 0 Å². The minimum atomic E-state index is 0.414. The van der Waals surface area contributed by atoms with Gasteiger partial charge in [-0.25, -0.2) is 0 Å². The van der Waals surface area contributed by atoms with Gasteiger partial charge in [-0.2, -0.15) is 0 Å². The zero-order valence-electron chi connectivity index (χ0n) is 8.44. The summed E-state index contributed by atoms with van der Waals surface area (Å²) in [4.78, 5) is 2.29. The normalized spacial score (nSPS) is 16.8. The maximum atomic E-state index is 5.62. The Kier molecular flexibility index (Phi) is 2.59. The van der Waals surface area contributed by atoms with Gasteiger partial charge in [0.1, 0.15) is 0 Å². The minimum Gasteiger partial charge on any atom is -0.399 e. The second kappa shape index (κ2) is 3.88. The third-order valence-electron chi connectivity index (χ3n) is 2.51. The zero-order valence-corrected chi connectivity index (χ0v) is 8.44. The van der Waals surface area contributed by atoms with Crippen LogP contribution >= 0.6 is 0 Å². The van der Waals surface area contributed by atoms with E-state index >= 15 is 0 Å². The predicted octanol–water partition coefficient (Wildman–Crippen LogP) is 1.49. The highest BCUT2D eigenvalue weighted by Crippen LogP contribution is 2.23. The van der Waals surface area contributed by atoms with Gasteiger partial charge < -0.3 is 15.4 Å². The van der Waals surface area contributed by atoms with E-state index in [1.54, 1.807) is 0 Å². The number of benzene rings is 1. The number of nitrogen functional groups attached to an aromatic ring is 1. The topological polar surface area (TPSA) is 38.5 Å². The van der Waals surface area contributed by atoms with Gasteiger partial charge >= 0.3 is 0 Å². The van der Waals surface area contributed by atoms with Crippen LogP contribution in [-0.2, 0) is 4.74 Å². The molecule has 76 valence electrons. The van der Waals surface area contributed by atoms with Crippen molar-refractivity contribution in [2.24, 2.45) is 0 Å². The van der Waals surface area contributed by atoms with Crippen LogP contribution in [-0.4, -0.2) is 25.8 Å². The lowest BCUT2D eigenvalue weighted by molar-refractivity contribution is 0.0431. The van der Waals surface area contributed by atoms with E-state index in [1.165, 1.54) is 5.69 Å². The first kappa shape index (κ1) is 9.34. The van der Waals surface area contributed by atoms with Crippen LogP contribution in [0.4, 0.5) is 11.4 Å². The number of hydrogen-bond acceptors (Lipinski definition) is 3. The van der Waals surface area contributed by atoms with Crippen molar-refractivity contribution >= 4 is 11.4 Å². The SMILES string of the molecule is CCOC1CN(c2ccc(N)cc2)C1. The third-order valence-corrected chi connectivity index (χ3v) is 2.51. The fourth-order valence-corrected chi connectivity index (χ4v) is 1.68. The van der Waals surface area contributed by atoms with Gasteiger partial charge in [0, 0.05) is 31.1 Å². The van der Waals surface area contributed by atoms with Gasteiger partial charge in [-0.3, -0.25) is 0 Å². The summed E-state index contributed by atoms with van der Waals surface area (Å²) < 4.78 is 5.49. The van der Waals surface area contributed by atoms with Crippen LogP contribution in [0.25, 0.3) is 0 Å². The first-order valence-corrected chi connectivity index (χ1v) is 5.01. The Morgan fingerprint density at radius 3 is 2.57 bits per heavy atom. The molecule has 0 radical (unpaired) electrons. The van der Waals surface area contributed by atoms with Crippen molar-refractivity contribution in [2.45, 2.75) is 13.0 Å². The number of ether oxygens (including phenoxy) is 1. The molecule has 2 N–H and O–H groups in total. The number of hydrogen-bond donors (Lipinski definition) is 1. The highest BCUT2D eigenvalue weighted by Gasteiger charge is 2.26. The van der Waals surface area contributed by atoms with E-state index in [9.17, 15) is 0 Å². The van der Waals surface area contributed by atoms with Crippen LogP contribution in [0.3, 0.4) is 0 Å². The van der Waals surface area contributed by atoms with Crippen LogP contribution < -0.4 is 10.6 Å². The molecule has 0 amide bonds. The van der Waals surface area contributed by atoms with E-state index in [4.69, 9.17) is 10.5 Å². The first-order chi connectivity index (χ1) is 6.79. The van der Waals surface area contributed by atoms with Crippen molar-refractivity contribution in [2.75, 3.05) is 30.3 Å². The van der Waals surface area contributed by atoms with Crippen LogP contribution in [0.1, 0.15) is 6.92 Å². The molecule has 1 saturated heterocycles. The lowest BCUT2D eigenvalue weighted by Crippen LogP contribution is -2.52. The summed E-state index contributed by atoms with van der Waals surface area (Å²) >= 11 is 0. The Hall–Kier alpha value is -1.22.